The fraction of sp³-hybridized carbons (Fsp3) is 0.125. The molecule has 0 fully saturated rings. The number of carbonyl (C=O) groups is 2. The molecule has 0 unspecified atom stereocenters. The van der Waals surface area contributed by atoms with Gasteiger partial charge in [-0.25, -0.2) is 9.59 Å². The number of aryl methyl sites for hydroxylation is 1. The van der Waals surface area contributed by atoms with E-state index in [1.165, 1.54) is 19.2 Å². The Hall–Kier alpha value is -2.34. The lowest BCUT2D eigenvalue weighted by atomic mass is 9.90. The van der Waals surface area contributed by atoms with Crippen LogP contribution in [0.5, 0.6) is 5.75 Å². The third-order valence-corrected chi connectivity index (χ3v) is 3.92. The lowest BCUT2D eigenvalue weighted by molar-refractivity contribution is 0.0695. The van der Waals surface area contributed by atoms with Crippen molar-refractivity contribution in [3.05, 3.63) is 51.5 Å². The van der Waals surface area contributed by atoms with Gasteiger partial charge in [0.15, 0.2) is 0 Å². The summed E-state index contributed by atoms with van der Waals surface area (Å²) in [5, 5.41) is 18.9. The highest BCUT2D eigenvalue weighted by Crippen LogP contribution is 2.40. The normalized spacial score (nSPS) is 10.3. The van der Waals surface area contributed by atoms with Crippen molar-refractivity contribution >= 4 is 27.9 Å². The van der Waals surface area contributed by atoms with E-state index in [2.05, 4.69) is 15.9 Å². The molecule has 6 heteroatoms. The van der Waals surface area contributed by atoms with Crippen molar-refractivity contribution in [1.29, 1.82) is 0 Å². The van der Waals surface area contributed by atoms with Gasteiger partial charge in [-0.1, -0.05) is 18.2 Å². The number of carboxylic acids is 2. The predicted molar refractivity (Wildman–Crippen MR) is 84.8 cm³/mol. The number of methoxy groups -OCH3 is 1. The molecule has 0 aliphatic carbocycles. The number of benzene rings is 2. The van der Waals surface area contributed by atoms with E-state index < -0.39 is 11.9 Å². The number of aromatic carboxylic acids is 2. The molecule has 0 spiro atoms. The molecular formula is C16H13BrO5. The zero-order chi connectivity index (χ0) is 16.4. The SMILES string of the molecule is COc1c(Br)cccc1-c1c(C(=O)O)ccc(C)c1C(=O)O. The van der Waals surface area contributed by atoms with E-state index in [1.54, 1.807) is 25.1 Å². The Morgan fingerprint density at radius 3 is 2.32 bits per heavy atom. The van der Waals surface area contributed by atoms with E-state index in [-0.39, 0.29) is 16.7 Å². The minimum atomic E-state index is -1.19. The molecule has 22 heavy (non-hydrogen) atoms. The largest absolute Gasteiger partial charge is 0.495 e. The lowest BCUT2D eigenvalue weighted by Crippen LogP contribution is -2.09. The molecule has 0 bridgehead atoms. The number of carboxylic acid groups (broad SMARTS) is 2. The van der Waals surface area contributed by atoms with Crippen LogP contribution in [0.2, 0.25) is 0 Å². The summed E-state index contributed by atoms with van der Waals surface area (Å²) in [6.07, 6.45) is 0. The first kappa shape index (κ1) is 16.0. The van der Waals surface area contributed by atoms with Crippen LogP contribution in [0.1, 0.15) is 26.3 Å². The van der Waals surface area contributed by atoms with Gasteiger partial charge in [0, 0.05) is 11.1 Å². The number of hydrogen-bond donors (Lipinski definition) is 2. The first-order valence-electron chi connectivity index (χ1n) is 6.31. The molecule has 0 saturated heterocycles. The van der Waals surface area contributed by atoms with Crippen LogP contribution in [-0.2, 0) is 0 Å². The highest BCUT2D eigenvalue weighted by Gasteiger charge is 2.24. The fourth-order valence-electron chi connectivity index (χ4n) is 2.35. The molecule has 114 valence electrons. The molecule has 0 aromatic heterocycles. The third kappa shape index (κ3) is 2.69. The average Bonchev–Trinajstić information content (AvgIpc) is 2.45. The van der Waals surface area contributed by atoms with Crippen LogP contribution < -0.4 is 4.74 Å². The van der Waals surface area contributed by atoms with Gasteiger partial charge < -0.3 is 14.9 Å². The third-order valence-electron chi connectivity index (χ3n) is 3.30. The van der Waals surface area contributed by atoms with Crippen LogP contribution in [0, 0.1) is 6.92 Å². The first-order chi connectivity index (χ1) is 10.4. The Kier molecular flexibility index (Phi) is 4.51. The molecule has 2 rings (SSSR count). The molecule has 0 amide bonds. The van der Waals surface area contributed by atoms with E-state index in [0.29, 0.717) is 21.3 Å². The fourth-order valence-corrected chi connectivity index (χ4v) is 2.88. The summed E-state index contributed by atoms with van der Waals surface area (Å²) in [5.41, 5.74) is 0.902. The van der Waals surface area contributed by atoms with Gasteiger partial charge in [-0.2, -0.15) is 0 Å². The van der Waals surface area contributed by atoms with Gasteiger partial charge in [0.1, 0.15) is 5.75 Å². The van der Waals surface area contributed by atoms with Crippen molar-refractivity contribution in [2.45, 2.75) is 6.92 Å². The minimum Gasteiger partial charge on any atom is -0.495 e. The first-order valence-corrected chi connectivity index (χ1v) is 7.10. The second-order valence-electron chi connectivity index (χ2n) is 4.61. The lowest BCUT2D eigenvalue weighted by Gasteiger charge is -2.16. The van der Waals surface area contributed by atoms with E-state index in [0.717, 1.165) is 0 Å². The smallest absolute Gasteiger partial charge is 0.336 e. The number of para-hydroxylation sites is 1. The quantitative estimate of drug-likeness (QED) is 0.860. The van der Waals surface area contributed by atoms with Gasteiger partial charge in [0.2, 0.25) is 0 Å². The van der Waals surface area contributed by atoms with Crippen LogP contribution in [0.15, 0.2) is 34.8 Å². The van der Waals surface area contributed by atoms with Gasteiger partial charge in [-0.3, -0.25) is 0 Å². The maximum Gasteiger partial charge on any atom is 0.336 e. The van der Waals surface area contributed by atoms with Crippen LogP contribution in [-0.4, -0.2) is 29.3 Å². The molecule has 0 atom stereocenters. The van der Waals surface area contributed by atoms with Crippen LogP contribution in [0.25, 0.3) is 11.1 Å². The van der Waals surface area contributed by atoms with Crippen molar-refractivity contribution in [3.63, 3.8) is 0 Å². The van der Waals surface area contributed by atoms with E-state index >= 15 is 0 Å². The number of ether oxygens (including phenoxy) is 1. The molecule has 0 saturated carbocycles. The van der Waals surface area contributed by atoms with Gasteiger partial charge in [0.25, 0.3) is 0 Å². The number of rotatable bonds is 4. The van der Waals surface area contributed by atoms with Crippen LogP contribution in [0.4, 0.5) is 0 Å². The monoisotopic (exact) mass is 364 g/mol. The summed E-state index contributed by atoms with van der Waals surface area (Å²) in [4.78, 5) is 23.2. The van der Waals surface area contributed by atoms with Crippen molar-refractivity contribution in [3.8, 4) is 16.9 Å². The predicted octanol–water partition coefficient (Wildman–Crippen LogP) is 3.83. The molecule has 0 aliphatic rings. The van der Waals surface area contributed by atoms with Crippen molar-refractivity contribution < 1.29 is 24.5 Å². The summed E-state index contributed by atoms with van der Waals surface area (Å²) in [7, 11) is 1.44. The molecule has 2 N–H and O–H groups in total. The minimum absolute atomic E-state index is 0.0451. The average molecular weight is 365 g/mol. The second-order valence-corrected chi connectivity index (χ2v) is 5.47. The van der Waals surface area contributed by atoms with Crippen LogP contribution in [0.3, 0.4) is 0 Å². The zero-order valence-corrected chi connectivity index (χ0v) is 13.5. The molecular weight excluding hydrogens is 352 g/mol. The Morgan fingerprint density at radius 2 is 1.77 bits per heavy atom. The molecule has 2 aromatic carbocycles. The maximum absolute atomic E-state index is 11.6. The van der Waals surface area contributed by atoms with Gasteiger partial charge in [-0.05, 0) is 40.5 Å². The van der Waals surface area contributed by atoms with Crippen LogP contribution >= 0.6 is 15.9 Å². The Labute approximate surface area is 135 Å². The standard InChI is InChI=1S/C16H13BrO5/c1-8-6-7-10(15(18)19)13(12(8)16(20)21)9-4-3-5-11(17)14(9)22-2/h3-7H,1-2H3,(H,18,19)(H,20,21). The van der Waals surface area contributed by atoms with Crippen molar-refractivity contribution in [2.75, 3.05) is 7.11 Å². The zero-order valence-electron chi connectivity index (χ0n) is 11.9. The molecule has 0 radical (unpaired) electrons. The van der Waals surface area contributed by atoms with Crippen molar-refractivity contribution in [1.82, 2.24) is 0 Å². The van der Waals surface area contributed by atoms with E-state index in [4.69, 9.17) is 4.74 Å². The number of halogens is 1. The van der Waals surface area contributed by atoms with E-state index in [9.17, 15) is 19.8 Å². The molecule has 2 aromatic rings. The van der Waals surface area contributed by atoms with Gasteiger partial charge in [0.05, 0.1) is 22.7 Å². The number of hydrogen-bond acceptors (Lipinski definition) is 3. The molecule has 5 nitrogen and oxygen atoms in total. The van der Waals surface area contributed by atoms with Gasteiger partial charge in [-0.15, -0.1) is 0 Å². The summed E-state index contributed by atoms with van der Waals surface area (Å²) in [5.74, 6) is -1.99. The Balaban J connectivity index is 2.95. The van der Waals surface area contributed by atoms with Crippen molar-refractivity contribution in [2.24, 2.45) is 0 Å². The summed E-state index contributed by atoms with van der Waals surface area (Å²) < 4.78 is 5.92. The Morgan fingerprint density at radius 1 is 1.09 bits per heavy atom. The highest BCUT2D eigenvalue weighted by molar-refractivity contribution is 9.10. The molecule has 0 aliphatic heterocycles. The summed E-state index contributed by atoms with van der Waals surface area (Å²) >= 11 is 3.33. The highest BCUT2D eigenvalue weighted by atomic mass is 79.9. The molecule has 0 heterocycles. The second kappa shape index (κ2) is 6.19. The summed E-state index contributed by atoms with van der Waals surface area (Å²) in [6.45, 7) is 1.63. The topological polar surface area (TPSA) is 83.8 Å². The van der Waals surface area contributed by atoms with E-state index in [1.807, 2.05) is 0 Å². The Bertz CT molecular complexity index is 767. The maximum atomic E-state index is 11.6. The van der Waals surface area contributed by atoms with Gasteiger partial charge >= 0.3 is 11.9 Å². The summed E-state index contributed by atoms with van der Waals surface area (Å²) in [6, 6.07) is 7.96.